The minimum atomic E-state index is 0.669. The average Bonchev–Trinajstić information content (AvgIpc) is 2.99. The highest BCUT2D eigenvalue weighted by atomic mass is 79.9. The van der Waals surface area contributed by atoms with Gasteiger partial charge in [-0.15, -0.1) is 11.3 Å². The van der Waals surface area contributed by atoms with E-state index in [0.29, 0.717) is 6.04 Å². The van der Waals surface area contributed by atoms with Gasteiger partial charge in [0.2, 0.25) is 0 Å². The van der Waals surface area contributed by atoms with E-state index < -0.39 is 0 Å². The molecule has 102 valence electrons. The van der Waals surface area contributed by atoms with Gasteiger partial charge in [-0.3, -0.25) is 0 Å². The van der Waals surface area contributed by atoms with Gasteiger partial charge in [-0.2, -0.15) is 0 Å². The van der Waals surface area contributed by atoms with Gasteiger partial charge >= 0.3 is 0 Å². The summed E-state index contributed by atoms with van der Waals surface area (Å²) in [4.78, 5) is 1.50. The highest BCUT2D eigenvalue weighted by molar-refractivity contribution is 9.10. The fraction of sp³-hybridized carbons (Fsp3) is 0.733. The molecule has 0 spiro atoms. The highest BCUT2D eigenvalue weighted by Gasteiger charge is 2.20. The van der Waals surface area contributed by atoms with Crippen LogP contribution in [0.4, 0.5) is 0 Å². The van der Waals surface area contributed by atoms with Crippen molar-refractivity contribution in [3.05, 3.63) is 20.8 Å². The van der Waals surface area contributed by atoms with Gasteiger partial charge in [-0.25, -0.2) is 0 Å². The Morgan fingerprint density at radius 1 is 1.44 bits per heavy atom. The lowest BCUT2D eigenvalue weighted by atomic mass is 9.96. The maximum atomic E-state index is 3.75. The Morgan fingerprint density at radius 2 is 2.22 bits per heavy atom. The normalized spacial score (nSPS) is 18.3. The van der Waals surface area contributed by atoms with Crippen LogP contribution in [-0.4, -0.2) is 12.6 Å². The minimum absolute atomic E-state index is 0.669. The predicted octanol–water partition coefficient (Wildman–Crippen LogP) is 5.00. The van der Waals surface area contributed by atoms with Crippen LogP contribution in [0.5, 0.6) is 0 Å². The van der Waals surface area contributed by atoms with E-state index in [1.807, 2.05) is 11.3 Å². The van der Waals surface area contributed by atoms with Crippen molar-refractivity contribution in [2.75, 3.05) is 6.54 Å². The molecule has 3 heteroatoms. The largest absolute Gasteiger partial charge is 0.314 e. The van der Waals surface area contributed by atoms with Crippen LogP contribution >= 0.6 is 27.3 Å². The lowest BCUT2D eigenvalue weighted by Crippen LogP contribution is -2.33. The molecule has 0 aliphatic heterocycles. The number of halogens is 1. The van der Waals surface area contributed by atoms with Gasteiger partial charge in [0.15, 0.2) is 0 Å². The van der Waals surface area contributed by atoms with Crippen LogP contribution in [0.25, 0.3) is 0 Å². The Kier molecular flexibility index (Phi) is 6.19. The molecule has 0 bridgehead atoms. The van der Waals surface area contributed by atoms with Crippen LogP contribution in [0.2, 0.25) is 0 Å². The minimum Gasteiger partial charge on any atom is -0.314 e. The summed E-state index contributed by atoms with van der Waals surface area (Å²) in [5.41, 5.74) is 0. The summed E-state index contributed by atoms with van der Waals surface area (Å²) < 4.78 is 1.29. The summed E-state index contributed by atoms with van der Waals surface area (Å²) in [5, 5.41) is 5.93. The number of rotatable bonds is 7. The highest BCUT2D eigenvalue weighted by Crippen LogP contribution is 2.31. The van der Waals surface area contributed by atoms with Crippen molar-refractivity contribution in [3.63, 3.8) is 0 Å². The van der Waals surface area contributed by atoms with Crippen molar-refractivity contribution in [2.45, 2.75) is 57.9 Å². The van der Waals surface area contributed by atoms with Gasteiger partial charge in [0.05, 0.1) is 0 Å². The van der Waals surface area contributed by atoms with Gasteiger partial charge < -0.3 is 5.32 Å². The third-order valence-electron chi connectivity index (χ3n) is 3.90. The first-order chi connectivity index (χ1) is 8.79. The second-order valence-corrected chi connectivity index (χ2v) is 7.29. The summed E-state index contributed by atoms with van der Waals surface area (Å²) in [6.07, 6.45) is 9.60. The molecule has 1 aromatic rings. The van der Waals surface area contributed by atoms with Crippen LogP contribution in [0.15, 0.2) is 15.9 Å². The predicted molar refractivity (Wildman–Crippen MR) is 84.4 cm³/mol. The van der Waals surface area contributed by atoms with Crippen molar-refractivity contribution in [1.29, 1.82) is 0 Å². The van der Waals surface area contributed by atoms with Crippen LogP contribution in [-0.2, 0) is 6.42 Å². The van der Waals surface area contributed by atoms with Crippen LogP contribution in [0.1, 0.15) is 50.3 Å². The Bertz CT molecular complexity index is 344. The first-order valence-electron chi connectivity index (χ1n) is 7.24. The van der Waals surface area contributed by atoms with Gasteiger partial charge in [-0.1, -0.05) is 32.6 Å². The maximum Gasteiger partial charge on any atom is 0.0314 e. The SMILES string of the molecule is CCCNC(Cc1sccc1Br)CC1CCCC1. The van der Waals surface area contributed by atoms with Crippen molar-refractivity contribution in [1.82, 2.24) is 5.32 Å². The van der Waals surface area contributed by atoms with E-state index in [9.17, 15) is 0 Å². The molecule has 1 nitrogen and oxygen atoms in total. The summed E-state index contributed by atoms with van der Waals surface area (Å²) >= 11 is 5.54. The second kappa shape index (κ2) is 7.66. The first-order valence-corrected chi connectivity index (χ1v) is 8.92. The lowest BCUT2D eigenvalue weighted by molar-refractivity contribution is 0.386. The topological polar surface area (TPSA) is 12.0 Å². The Hall–Kier alpha value is 0.140. The van der Waals surface area contributed by atoms with Gasteiger partial charge in [-0.05, 0) is 59.1 Å². The zero-order chi connectivity index (χ0) is 12.8. The van der Waals surface area contributed by atoms with Crippen molar-refractivity contribution < 1.29 is 0 Å². The van der Waals surface area contributed by atoms with E-state index in [4.69, 9.17) is 0 Å². The molecule has 0 aromatic carbocycles. The number of hydrogen-bond donors (Lipinski definition) is 1. The number of hydrogen-bond acceptors (Lipinski definition) is 2. The van der Waals surface area contributed by atoms with Crippen LogP contribution in [0.3, 0.4) is 0 Å². The smallest absolute Gasteiger partial charge is 0.0314 e. The molecule has 1 fully saturated rings. The van der Waals surface area contributed by atoms with Crippen molar-refractivity contribution in [3.8, 4) is 0 Å². The molecule has 0 amide bonds. The van der Waals surface area contributed by atoms with Crippen molar-refractivity contribution >= 4 is 27.3 Å². The monoisotopic (exact) mass is 329 g/mol. The van der Waals surface area contributed by atoms with Gasteiger partial charge in [0, 0.05) is 15.4 Å². The fourth-order valence-electron chi connectivity index (χ4n) is 2.93. The molecule has 2 rings (SSSR count). The summed E-state index contributed by atoms with van der Waals surface area (Å²) in [5.74, 6) is 0.970. The number of thiophene rings is 1. The summed E-state index contributed by atoms with van der Waals surface area (Å²) in [6.45, 7) is 3.40. The van der Waals surface area contributed by atoms with Crippen LogP contribution < -0.4 is 5.32 Å². The summed E-state index contributed by atoms with van der Waals surface area (Å²) in [7, 11) is 0. The van der Waals surface area contributed by atoms with E-state index >= 15 is 0 Å². The van der Waals surface area contributed by atoms with Crippen molar-refractivity contribution in [2.24, 2.45) is 5.92 Å². The lowest BCUT2D eigenvalue weighted by Gasteiger charge is -2.21. The second-order valence-electron chi connectivity index (χ2n) is 5.43. The average molecular weight is 330 g/mol. The molecular formula is C15H24BrNS. The van der Waals surface area contributed by atoms with Gasteiger partial charge in [0.25, 0.3) is 0 Å². The van der Waals surface area contributed by atoms with E-state index in [1.165, 1.54) is 54.3 Å². The molecule has 1 N–H and O–H groups in total. The Morgan fingerprint density at radius 3 is 2.83 bits per heavy atom. The molecular weight excluding hydrogens is 306 g/mol. The first kappa shape index (κ1) is 14.5. The zero-order valence-electron chi connectivity index (χ0n) is 11.3. The molecule has 0 saturated heterocycles. The molecule has 1 heterocycles. The van der Waals surface area contributed by atoms with E-state index in [-0.39, 0.29) is 0 Å². The maximum absolute atomic E-state index is 3.75. The standard InChI is InChI=1S/C15H24BrNS/c1-2-8-17-13(10-12-5-3-4-6-12)11-15-14(16)7-9-18-15/h7,9,12-13,17H,2-6,8,10-11H2,1H3. The number of nitrogens with one attached hydrogen (secondary N) is 1. The third-order valence-corrected chi connectivity index (χ3v) is 5.85. The van der Waals surface area contributed by atoms with E-state index in [1.54, 1.807) is 0 Å². The zero-order valence-corrected chi connectivity index (χ0v) is 13.7. The van der Waals surface area contributed by atoms with Crippen LogP contribution in [0, 0.1) is 5.92 Å². The van der Waals surface area contributed by atoms with E-state index in [0.717, 1.165) is 12.5 Å². The molecule has 18 heavy (non-hydrogen) atoms. The molecule has 0 radical (unpaired) electrons. The Balaban J connectivity index is 1.89. The third kappa shape index (κ3) is 4.36. The molecule has 1 unspecified atom stereocenters. The Labute approximate surface area is 123 Å². The molecule has 1 aliphatic rings. The molecule has 1 aromatic heterocycles. The van der Waals surface area contributed by atoms with Gasteiger partial charge in [0.1, 0.15) is 0 Å². The molecule has 1 saturated carbocycles. The fourth-order valence-corrected chi connectivity index (χ4v) is 4.53. The molecule has 1 aliphatic carbocycles. The quantitative estimate of drug-likeness (QED) is 0.742. The van der Waals surface area contributed by atoms with E-state index in [2.05, 4.69) is 39.6 Å². The summed E-state index contributed by atoms with van der Waals surface area (Å²) in [6, 6.07) is 2.84. The molecule has 1 atom stereocenters.